The minimum atomic E-state index is -0.828. The minimum Gasteiger partial charge on any atom is -0.481 e. The van der Waals surface area contributed by atoms with Crippen LogP contribution in [0, 0.1) is 0 Å². The quantitative estimate of drug-likeness (QED) is 0.794. The number of aromatic amines is 1. The molecule has 2 aromatic heterocycles. The van der Waals surface area contributed by atoms with Gasteiger partial charge in [0.2, 0.25) is 0 Å². The van der Waals surface area contributed by atoms with E-state index in [0.29, 0.717) is 12.1 Å². The maximum Gasteiger partial charge on any atom is 0.303 e. The van der Waals surface area contributed by atoms with Crippen LogP contribution >= 0.6 is 0 Å². The molecule has 0 bridgehead atoms. The van der Waals surface area contributed by atoms with Crippen molar-refractivity contribution in [1.29, 1.82) is 0 Å². The lowest BCUT2D eigenvalue weighted by molar-refractivity contribution is -0.136. The summed E-state index contributed by atoms with van der Waals surface area (Å²) in [6.07, 6.45) is 6.89. The predicted molar refractivity (Wildman–Crippen MR) is 55.6 cm³/mol. The number of carboxylic acid groups (broad SMARTS) is 1. The van der Waals surface area contributed by atoms with Gasteiger partial charge < -0.3 is 5.11 Å². The summed E-state index contributed by atoms with van der Waals surface area (Å²) in [7, 11) is 0. The Kier molecular flexibility index (Phi) is 2.90. The molecular formula is C10H10N4O2. The van der Waals surface area contributed by atoms with Gasteiger partial charge in [-0.2, -0.15) is 5.10 Å². The molecule has 16 heavy (non-hydrogen) atoms. The molecule has 0 saturated heterocycles. The number of carboxylic acids is 1. The van der Waals surface area contributed by atoms with Gasteiger partial charge >= 0.3 is 5.97 Å². The Morgan fingerprint density at radius 2 is 2.25 bits per heavy atom. The SMILES string of the molecule is O=C(O)CCc1cn[nH]c1-c1cnccn1. The number of aliphatic carboxylic acids is 1. The minimum absolute atomic E-state index is 0.0762. The largest absolute Gasteiger partial charge is 0.481 e. The molecule has 0 saturated carbocycles. The maximum atomic E-state index is 10.5. The van der Waals surface area contributed by atoms with E-state index in [1.165, 1.54) is 0 Å². The Morgan fingerprint density at radius 1 is 1.38 bits per heavy atom. The zero-order valence-electron chi connectivity index (χ0n) is 8.42. The lowest BCUT2D eigenvalue weighted by Crippen LogP contribution is -1.98. The molecule has 2 N–H and O–H groups in total. The fourth-order valence-electron chi connectivity index (χ4n) is 1.39. The highest BCUT2D eigenvalue weighted by Crippen LogP contribution is 2.18. The Bertz CT molecular complexity index is 481. The second-order valence-electron chi connectivity index (χ2n) is 3.25. The number of aryl methyl sites for hydroxylation is 1. The highest BCUT2D eigenvalue weighted by molar-refractivity contribution is 5.68. The van der Waals surface area contributed by atoms with Crippen molar-refractivity contribution in [3.8, 4) is 11.4 Å². The summed E-state index contributed by atoms with van der Waals surface area (Å²) in [5.41, 5.74) is 2.23. The van der Waals surface area contributed by atoms with Crippen molar-refractivity contribution in [3.63, 3.8) is 0 Å². The molecule has 82 valence electrons. The first-order chi connectivity index (χ1) is 7.77. The van der Waals surface area contributed by atoms with E-state index in [4.69, 9.17) is 5.11 Å². The molecule has 6 nitrogen and oxygen atoms in total. The third-order valence-corrected chi connectivity index (χ3v) is 2.15. The predicted octanol–water partition coefficient (Wildman–Crippen LogP) is 0.884. The molecule has 0 radical (unpaired) electrons. The van der Waals surface area contributed by atoms with E-state index in [0.717, 1.165) is 11.3 Å². The van der Waals surface area contributed by atoms with Gasteiger partial charge in [-0.05, 0) is 6.42 Å². The van der Waals surface area contributed by atoms with Crippen molar-refractivity contribution in [2.24, 2.45) is 0 Å². The summed E-state index contributed by atoms with van der Waals surface area (Å²) in [6, 6.07) is 0. The highest BCUT2D eigenvalue weighted by atomic mass is 16.4. The molecule has 0 aliphatic rings. The molecular weight excluding hydrogens is 208 g/mol. The van der Waals surface area contributed by atoms with E-state index in [2.05, 4.69) is 20.2 Å². The summed E-state index contributed by atoms with van der Waals surface area (Å²) in [5.74, 6) is -0.828. The zero-order valence-corrected chi connectivity index (χ0v) is 8.42. The molecule has 2 heterocycles. The smallest absolute Gasteiger partial charge is 0.303 e. The molecule has 0 amide bonds. The first-order valence-electron chi connectivity index (χ1n) is 4.78. The molecule has 6 heteroatoms. The van der Waals surface area contributed by atoms with Crippen molar-refractivity contribution in [1.82, 2.24) is 20.2 Å². The van der Waals surface area contributed by atoms with Crippen LogP contribution in [0.4, 0.5) is 0 Å². The zero-order chi connectivity index (χ0) is 11.4. The third-order valence-electron chi connectivity index (χ3n) is 2.15. The Balaban J connectivity index is 2.23. The lowest BCUT2D eigenvalue weighted by atomic mass is 10.1. The number of rotatable bonds is 4. The number of nitrogens with zero attached hydrogens (tertiary/aromatic N) is 3. The fourth-order valence-corrected chi connectivity index (χ4v) is 1.39. The Morgan fingerprint density at radius 3 is 2.94 bits per heavy atom. The van der Waals surface area contributed by atoms with Crippen LogP contribution in [0.15, 0.2) is 24.8 Å². The monoisotopic (exact) mass is 218 g/mol. The van der Waals surface area contributed by atoms with Crippen molar-refractivity contribution >= 4 is 5.97 Å². The highest BCUT2D eigenvalue weighted by Gasteiger charge is 2.10. The van der Waals surface area contributed by atoms with E-state index in [1.54, 1.807) is 24.8 Å². The number of H-pyrrole nitrogens is 1. The number of aromatic nitrogens is 4. The molecule has 0 aliphatic heterocycles. The van der Waals surface area contributed by atoms with E-state index in [1.807, 2.05) is 0 Å². The summed E-state index contributed by atoms with van der Waals surface area (Å²) in [5, 5.41) is 15.3. The van der Waals surface area contributed by atoms with Gasteiger partial charge in [0.1, 0.15) is 5.69 Å². The van der Waals surface area contributed by atoms with Crippen LogP contribution in [0.25, 0.3) is 11.4 Å². The van der Waals surface area contributed by atoms with Crippen molar-refractivity contribution in [2.75, 3.05) is 0 Å². The Hall–Kier alpha value is -2.24. The molecule has 0 unspecified atom stereocenters. The van der Waals surface area contributed by atoms with Crippen LogP contribution in [0.5, 0.6) is 0 Å². The van der Waals surface area contributed by atoms with E-state index in [9.17, 15) is 4.79 Å². The van der Waals surface area contributed by atoms with Gasteiger partial charge in [-0.3, -0.25) is 19.9 Å². The van der Waals surface area contributed by atoms with Gasteiger partial charge in [-0.15, -0.1) is 0 Å². The lowest BCUT2D eigenvalue weighted by Gasteiger charge is -1.99. The molecule has 0 fully saturated rings. The van der Waals surface area contributed by atoms with Crippen LogP contribution in [0.1, 0.15) is 12.0 Å². The van der Waals surface area contributed by atoms with Crippen LogP contribution < -0.4 is 0 Å². The van der Waals surface area contributed by atoms with Gasteiger partial charge in [0.15, 0.2) is 0 Å². The maximum absolute atomic E-state index is 10.5. The fraction of sp³-hybridized carbons (Fsp3) is 0.200. The molecule has 0 spiro atoms. The van der Waals surface area contributed by atoms with Gasteiger partial charge in [-0.25, -0.2) is 0 Å². The number of carbonyl (C=O) groups is 1. The van der Waals surface area contributed by atoms with E-state index < -0.39 is 5.97 Å². The van der Waals surface area contributed by atoms with E-state index >= 15 is 0 Å². The van der Waals surface area contributed by atoms with Gasteiger partial charge in [0.05, 0.1) is 18.1 Å². The first-order valence-corrected chi connectivity index (χ1v) is 4.78. The number of nitrogens with one attached hydrogen (secondary N) is 1. The van der Waals surface area contributed by atoms with Crippen LogP contribution in [0.2, 0.25) is 0 Å². The molecule has 2 rings (SSSR count). The Labute approximate surface area is 91.4 Å². The summed E-state index contributed by atoms with van der Waals surface area (Å²) in [4.78, 5) is 18.6. The molecule has 0 aromatic carbocycles. The average Bonchev–Trinajstić information content (AvgIpc) is 2.75. The summed E-state index contributed by atoms with van der Waals surface area (Å²) < 4.78 is 0. The standard InChI is InChI=1S/C10H10N4O2/c15-9(16)2-1-7-5-13-14-10(7)8-6-11-3-4-12-8/h3-6H,1-2H2,(H,13,14)(H,15,16). The van der Waals surface area contributed by atoms with Gasteiger partial charge in [0, 0.05) is 24.4 Å². The van der Waals surface area contributed by atoms with Gasteiger partial charge in [-0.1, -0.05) is 0 Å². The van der Waals surface area contributed by atoms with E-state index in [-0.39, 0.29) is 6.42 Å². The molecule has 2 aromatic rings. The molecule has 0 aliphatic carbocycles. The summed E-state index contributed by atoms with van der Waals surface area (Å²) >= 11 is 0. The first kappa shape index (κ1) is 10.3. The summed E-state index contributed by atoms with van der Waals surface area (Å²) in [6.45, 7) is 0. The molecule has 0 atom stereocenters. The van der Waals surface area contributed by atoms with Crippen molar-refractivity contribution in [3.05, 3.63) is 30.4 Å². The third kappa shape index (κ3) is 2.22. The average molecular weight is 218 g/mol. The van der Waals surface area contributed by atoms with Crippen LogP contribution in [-0.2, 0) is 11.2 Å². The second-order valence-corrected chi connectivity index (χ2v) is 3.25. The topological polar surface area (TPSA) is 91.8 Å². The van der Waals surface area contributed by atoms with Crippen molar-refractivity contribution < 1.29 is 9.90 Å². The second kappa shape index (κ2) is 4.52. The van der Waals surface area contributed by atoms with Crippen LogP contribution in [-0.4, -0.2) is 31.2 Å². The number of hydrogen-bond acceptors (Lipinski definition) is 4. The van der Waals surface area contributed by atoms with Crippen molar-refractivity contribution in [2.45, 2.75) is 12.8 Å². The normalized spacial score (nSPS) is 10.2. The van der Waals surface area contributed by atoms with Gasteiger partial charge in [0.25, 0.3) is 0 Å². The number of hydrogen-bond donors (Lipinski definition) is 2. The van der Waals surface area contributed by atoms with Crippen LogP contribution in [0.3, 0.4) is 0 Å².